The number of ether oxygens (including phenoxy) is 2. The van der Waals surface area contributed by atoms with Crippen molar-refractivity contribution >= 4 is 5.84 Å². The number of aryl methyl sites for hydroxylation is 1. The molecule has 1 atom stereocenters. The molecule has 4 heteroatoms. The summed E-state index contributed by atoms with van der Waals surface area (Å²) in [6.45, 7) is 3.81. The second kappa shape index (κ2) is 5.39. The highest BCUT2D eigenvalue weighted by atomic mass is 16.5. The van der Waals surface area contributed by atoms with Gasteiger partial charge in [0.25, 0.3) is 0 Å². The molecule has 0 fully saturated rings. The number of hydrogen-bond donors (Lipinski definition) is 2. The smallest absolute Gasteiger partial charge is 0.162 e. The van der Waals surface area contributed by atoms with Gasteiger partial charge >= 0.3 is 0 Å². The van der Waals surface area contributed by atoms with Gasteiger partial charge < -0.3 is 15.2 Å². The van der Waals surface area contributed by atoms with Crippen LogP contribution >= 0.6 is 0 Å². The first-order chi connectivity index (χ1) is 7.58. The first kappa shape index (κ1) is 12.4. The van der Waals surface area contributed by atoms with Crippen LogP contribution in [0.3, 0.4) is 0 Å². The van der Waals surface area contributed by atoms with Gasteiger partial charge in [-0.2, -0.15) is 0 Å². The molecule has 1 unspecified atom stereocenters. The van der Waals surface area contributed by atoms with Gasteiger partial charge in [0, 0.05) is 0 Å². The number of nitrogens with one attached hydrogen (secondary N) is 1. The lowest BCUT2D eigenvalue weighted by Crippen LogP contribution is -2.30. The summed E-state index contributed by atoms with van der Waals surface area (Å²) in [5, 5.41) is 7.27. The molecule has 0 aromatic heterocycles. The molecular formula is C12H18N2O2. The van der Waals surface area contributed by atoms with Crippen LogP contribution in [0.5, 0.6) is 11.5 Å². The minimum Gasteiger partial charge on any atom is -0.493 e. The Morgan fingerprint density at radius 3 is 2.62 bits per heavy atom. The molecule has 0 amide bonds. The summed E-state index contributed by atoms with van der Waals surface area (Å²) in [4.78, 5) is 0. The molecular weight excluding hydrogens is 204 g/mol. The van der Waals surface area contributed by atoms with Crippen molar-refractivity contribution in [2.75, 3.05) is 7.11 Å². The van der Waals surface area contributed by atoms with Crippen LogP contribution in [0.1, 0.15) is 19.4 Å². The van der Waals surface area contributed by atoms with Gasteiger partial charge in [0.05, 0.1) is 7.11 Å². The van der Waals surface area contributed by atoms with Crippen LogP contribution in [0.2, 0.25) is 0 Å². The Morgan fingerprint density at radius 2 is 2.12 bits per heavy atom. The number of benzene rings is 1. The first-order valence-electron chi connectivity index (χ1n) is 5.26. The van der Waals surface area contributed by atoms with Crippen LogP contribution in [0.15, 0.2) is 18.2 Å². The summed E-state index contributed by atoms with van der Waals surface area (Å²) in [7, 11) is 1.60. The van der Waals surface area contributed by atoms with Gasteiger partial charge in [-0.3, -0.25) is 5.41 Å². The summed E-state index contributed by atoms with van der Waals surface area (Å²) in [5.41, 5.74) is 6.53. The molecule has 0 aliphatic heterocycles. The highest BCUT2D eigenvalue weighted by Gasteiger charge is 2.11. The summed E-state index contributed by atoms with van der Waals surface area (Å²) in [5.74, 6) is 1.29. The Kier molecular flexibility index (Phi) is 4.17. The highest BCUT2D eigenvalue weighted by Crippen LogP contribution is 2.29. The Balaban J connectivity index is 2.91. The summed E-state index contributed by atoms with van der Waals surface area (Å²) < 4.78 is 10.8. The van der Waals surface area contributed by atoms with E-state index < -0.39 is 6.10 Å². The monoisotopic (exact) mass is 222 g/mol. The Labute approximate surface area is 95.9 Å². The molecule has 0 saturated carbocycles. The van der Waals surface area contributed by atoms with Crippen LogP contribution in [0.4, 0.5) is 0 Å². The van der Waals surface area contributed by atoms with Crippen molar-refractivity contribution in [1.29, 1.82) is 5.41 Å². The van der Waals surface area contributed by atoms with Crippen LogP contribution in [0.25, 0.3) is 0 Å². The minimum absolute atomic E-state index is 0.00150. The molecule has 1 aromatic carbocycles. The third-order valence-corrected chi connectivity index (χ3v) is 2.38. The van der Waals surface area contributed by atoms with Crippen LogP contribution < -0.4 is 15.2 Å². The van der Waals surface area contributed by atoms with E-state index in [0.29, 0.717) is 11.5 Å². The topological polar surface area (TPSA) is 68.3 Å². The van der Waals surface area contributed by atoms with Crippen LogP contribution in [0, 0.1) is 5.41 Å². The molecule has 0 aliphatic carbocycles. The van der Waals surface area contributed by atoms with Crippen molar-refractivity contribution in [3.05, 3.63) is 23.8 Å². The Hall–Kier alpha value is -1.71. The van der Waals surface area contributed by atoms with E-state index in [1.807, 2.05) is 18.2 Å². The molecule has 4 nitrogen and oxygen atoms in total. The van der Waals surface area contributed by atoms with Gasteiger partial charge in [-0.05, 0) is 31.0 Å². The molecule has 0 radical (unpaired) electrons. The molecule has 1 rings (SSSR count). The zero-order valence-corrected chi connectivity index (χ0v) is 9.91. The van der Waals surface area contributed by atoms with Crippen molar-refractivity contribution in [2.45, 2.75) is 26.4 Å². The zero-order valence-electron chi connectivity index (χ0n) is 9.91. The lowest BCUT2D eigenvalue weighted by molar-refractivity contribution is 0.267. The summed E-state index contributed by atoms with van der Waals surface area (Å²) >= 11 is 0. The lowest BCUT2D eigenvalue weighted by Gasteiger charge is -2.16. The van der Waals surface area contributed by atoms with Crippen molar-refractivity contribution in [3.63, 3.8) is 0 Å². The van der Waals surface area contributed by atoms with Gasteiger partial charge in [0.2, 0.25) is 0 Å². The average molecular weight is 222 g/mol. The number of hydrogen-bond acceptors (Lipinski definition) is 3. The fourth-order valence-corrected chi connectivity index (χ4v) is 1.28. The highest BCUT2D eigenvalue weighted by molar-refractivity contribution is 5.81. The largest absolute Gasteiger partial charge is 0.493 e. The van der Waals surface area contributed by atoms with E-state index in [-0.39, 0.29) is 5.84 Å². The van der Waals surface area contributed by atoms with E-state index in [0.717, 1.165) is 6.42 Å². The van der Waals surface area contributed by atoms with Gasteiger partial charge in [0.1, 0.15) is 5.84 Å². The maximum Gasteiger partial charge on any atom is 0.162 e. The maximum absolute atomic E-state index is 7.27. The fourth-order valence-electron chi connectivity index (χ4n) is 1.28. The third kappa shape index (κ3) is 2.89. The quantitative estimate of drug-likeness (QED) is 0.591. The molecule has 0 bridgehead atoms. The Bertz CT molecular complexity index is 377. The summed E-state index contributed by atoms with van der Waals surface area (Å²) in [6, 6.07) is 5.75. The van der Waals surface area contributed by atoms with E-state index in [1.165, 1.54) is 5.56 Å². The zero-order chi connectivity index (χ0) is 12.1. The van der Waals surface area contributed by atoms with E-state index in [9.17, 15) is 0 Å². The van der Waals surface area contributed by atoms with Crippen molar-refractivity contribution in [2.24, 2.45) is 5.73 Å². The SMILES string of the molecule is CCc1ccc(OC(C)C(=N)N)c(OC)c1. The second-order valence-electron chi connectivity index (χ2n) is 3.55. The molecule has 0 aliphatic rings. The number of amidine groups is 1. The molecule has 0 spiro atoms. The average Bonchev–Trinajstić information content (AvgIpc) is 2.29. The van der Waals surface area contributed by atoms with Gasteiger partial charge in [-0.1, -0.05) is 13.0 Å². The van der Waals surface area contributed by atoms with E-state index in [1.54, 1.807) is 14.0 Å². The van der Waals surface area contributed by atoms with Gasteiger partial charge in [0.15, 0.2) is 17.6 Å². The molecule has 0 saturated heterocycles. The van der Waals surface area contributed by atoms with E-state index in [2.05, 4.69) is 6.92 Å². The molecule has 88 valence electrons. The normalized spacial score (nSPS) is 11.9. The predicted octanol–water partition coefficient (Wildman–Crippen LogP) is 1.96. The molecule has 16 heavy (non-hydrogen) atoms. The maximum atomic E-state index is 7.27. The van der Waals surface area contributed by atoms with Crippen LogP contribution in [-0.4, -0.2) is 19.0 Å². The second-order valence-corrected chi connectivity index (χ2v) is 3.55. The molecule has 3 N–H and O–H groups in total. The number of rotatable bonds is 5. The van der Waals surface area contributed by atoms with Crippen molar-refractivity contribution < 1.29 is 9.47 Å². The third-order valence-electron chi connectivity index (χ3n) is 2.38. The molecule has 0 heterocycles. The van der Waals surface area contributed by atoms with Crippen LogP contribution in [-0.2, 0) is 6.42 Å². The van der Waals surface area contributed by atoms with Crippen molar-refractivity contribution in [1.82, 2.24) is 0 Å². The number of methoxy groups -OCH3 is 1. The molecule has 1 aromatic rings. The fraction of sp³-hybridized carbons (Fsp3) is 0.417. The first-order valence-corrected chi connectivity index (χ1v) is 5.26. The van der Waals surface area contributed by atoms with E-state index in [4.69, 9.17) is 20.6 Å². The number of nitrogens with two attached hydrogens (primary N) is 1. The summed E-state index contributed by atoms with van der Waals surface area (Å²) in [6.07, 6.45) is 0.500. The van der Waals surface area contributed by atoms with Gasteiger partial charge in [-0.15, -0.1) is 0 Å². The lowest BCUT2D eigenvalue weighted by atomic mass is 10.1. The van der Waals surface area contributed by atoms with E-state index >= 15 is 0 Å². The standard InChI is InChI=1S/C12H18N2O2/c1-4-9-5-6-10(11(7-9)15-3)16-8(2)12(13)14/h5-8H,4H2,1-3H3,(H3,13,14). The predicted molar refractivity (Wildman–Crippen MR) is 64.4 cm³/mol. The van der Waals surface area contributed by atoms with Gasteiger partial charge in [-0.25, -0.2) is 0 Å². The Morgan fingerprint density at radius 1 is 1.44 bits per heavy atom. The minimum atomic E-state index is -0.443. The van der Waals surface area contributed by atoms with Crippen molar-refractivity contribution in [3.8, 4) is 11.5 Å².